The van der Waals surface area contributed by atoms with E-state index < -0.39 is 0 Å². The fourth-order valence-electron chi connectivity index (χ4n) is 6.63. The molecule has 0 amide bonds. The summed E-state index contributed by atoms with van der Waals surface area (Å²) in [4.78, 5) is 0. The zero-order valence-electron chi connectivity index (χ0n) is 31.8. The van der Waals surface area contributed by atoms with Crippen molar-refractivity contribution in [1.29, 1.82) is 0 Å². The standard InChI is InChI=1S/C40H60N2.2C2H5.Ni/c1-7-13-19-31-27-35(28-32(20-14-8-2)37(31)23-17-11-5)39-25-26-40(42(39)41)36-29-33(21-15-9-3)38(24-18-12-6)34(30-36)22-16-10-4;2*1-2;/h25-30H,7-24H2,1-6H3;2*1H2,2H3;. The second-order valence-electron chi connectivity index (χ2n) is 13.2. The van der Waals surface area contributed by atoms with Crippen molar-refractivity contribution >= 4 is 11.4 Å². The molecule has 1 heterocycles. The minimum atomic E-state index is 0.919. The molecule has 266 valence electrons. The van der Waals surface area contributed by atoms with Crippen LogP contribution in [0, 0.1) is 0 Å². The number of hydrogen-bond donors (Lipinski definition) is 0. The molecule has 0 N–H and O–H groups in total. The van der Waals surface area contributed by atoms with Crippen LogP contribution in [0.15, 0.2) is 36.4 Å². The number of nitrogens with zero attached hydrogens (tertiary/aromatic N) is 2. The van der Waals surface area contributed by atoms with Crippen LogP contribution in [0.2, 0.25) is 10.8 Å². The maximum atomic E-state index is 11.7. The molecule has 2 aromatic carbocycles. The summed E-state index contributed by atoms with van der Waals surface area (Å²) in [6, 6.07) is 9.59. The summed E-state index contributed by atoms with van der Waals surface area (Å²) in [7, 11) is 0. The van der Waals surface area contributed by atoms with Crippen LogP contribution in [-0.4, -0.2) is 4.70 Å². The average Bonchev–Trinajstić information content (AvgIpc) is 3.47. The Morgan fingerprint density at radius 2 is 0.723 bits per heavy atom. The number of benzene rings is 2. The first-order chi connectivity index (χ1) is 22.9. The normalized spacial score (nSPS) is 12.7. The Kier molecular flexibility index (Phi) is 21.2. The van der Waals surface area contributed by atoms with E-state index in [9.17, 15) is 5.53 Å². The Morgan fingerprint density at radius 3 is 0.957 bits per heavy atom. The molecule has 1 aliphatic heterocycles. The van der Waals surface area contributed by atoms with E-state index in [1.807, 2.05) is 14.4 Å². The molecule has 0 radical (unpaired) electrons. The molecule has 3 rings (SSSR count). The predicted octanol–water partition coefficient (Wildman–Crippen LogP) is 14.1. The summed E-state index contributed by atoms with van der Waals surface area (Å²) in [6.45, 7) is 18.1. The van der Waals surface area contributed by atoms with E-state index >= 15 is 0 Å². The van der Waals surface area contributed by atoms with Crippen LogP contribution in [0.1, 0.15) is 177 Å². The van der Waals surface area contributed by atoms with Crippen molar-refractivity contribution in [3.63, 3.8) is 0 Å². The molecule has 2 nitrogen and oxygen atoms in total. The van der Waals surface area contributed by atoms with Crippen LogP contribution in [0.5, 0.6) is 0 Å². The van der Waals surface area contributed by atoms with E-state index in [1.54, 1.807) is 11.1 Å². The van der Waals surface area contributed by atoms with Crippen molar-refractivity contribution in [3.8, 4) is 0 Å². The van der Waals surface area contributed by atoms with Crippen LogP contribution in [0.25, 0.3) is 16.9 Å². The number of aryl methyl sites for hydroxylation is 4. The molecular weight excluding hydrogens is 615 g/mol. The second kappa shape index (κ2) is 24.2. The van der Waals surface area contributed by atoms with Gasteiger partial charge in [-0.15, -0.1) is 0 Å². The van der Waals surface area contributed by atoms with Crippen molar-refractivity contribution in [2.75, 3.05) is 0 Å². The third-order valence-electron chi connectivity index (χ3n) is 9.39. The van der Waals surface area contributed by atoms with Gasteiger partial charge in [0.15, 0.2) is 0 Å². The van der Waals surface area contributed by atoms with Crippen molar-refractivity contribution in [1.82, 2.24) is 0 Å². The van der Waals surface area contributed by atoms with Crippen LogP contribution < -0.4 is 0 Å². The summed E-state index contributed by atoms with van der Waals surface area (Å²) in [5.74, 6) is 0. The molecule has 0 aliphatic carbocycles. The molecule has 0 aromatic heterocycles. The van der Waals surface area contributed by atoms with Crippen molar-refractivity contribution < 1.29 is 19.1 Å². The number of unbranched alkanes of at least 4 members (excludes halogenated alkanes) is 6. The van der Waals surface area contributed by atoms with Gasteiger partial charge in [-0.25, -0.2) is 4.70 Å². The van der Waals surface area contributed by atoms with Gasteiger partial charge in [0.25, 0.3) is 0 Å². The van der Waals surface area contributed by atoms with Gasteiger partial charge in [-0.2, -0.15) is 0 Å². The van der Waals surface area contributed by atoms with Crippen LogP contribution in [0.4, 0.5) is 0 Å². The Hall–Kier alpha value is -1.99. The second-order valence-corrected chi connectivity index (χ2v) is 15.1. The molecule has 0 saturated heterocycles. The van der Waals surface area contributed by atoms with Gasteiger partial charge in [0.05, 0.1) is 0 Å². The zero-order chi connectivity index (χ0) is 34.4. The Bertz CT molecular complexity index is 1110. The summed E-state index contributed by atoms with van der Waals surface area (Å²) < 4.78 is 1.49. The Balaban J connectivity index is 0.00000142. The molecule has 0 atom stereocenters. The molecule has 0 bridgehead atoms. The molecule has 3 heteroatoms. The van der Waals surface area contributed by atoms with E-state index in [4.69, 9.17) is 0 Å². The summed E-state index contributed by atoms with van der Waals surface area (Å²) in [5.41, 5.74) is 25.1. The monoisotopic (exact) mass is 684 g/mol. The fourth-order valence-corrected chi connectivity index (χ4v) is 7.12. The van der Waals surface area contributed by atoms with Gasteiger partial charge in [-0.1, -0.05) is 80.1 Å². The van der Waals surface area contributed by atoms with Crippen LogP contribution in [-0.2, 0) is 53.0 Å². The Labute approximate surface area is 297 Å². The first-order valence-electron chi connectivity index (χ1n) is 19.6. The van der Waals surface area contributed by atoms with E-state index in [-0.39, 0.29) is 0 Å². The number of hydrogen-bond acceptors (Lipinski definition) is 0. The molecule has 0 spiro atoms. The van der Waals surface area contributed by atoms with E-state index in [1.165, 1.54) is 128 Å². The zero-order valence-corrected chi connectivity index (χ0v) is 32.8. The van der Waals surface area contributed by atoms with Crippen LogP contribution in [0.3, 0.4) is 0 Å². The fraction of sp³-hybridized carbons (Fsp3) is 0.636. The number of rotatable bonds is 22. The van der Waals surface area contributed by atoms with Crippen molar-refractivity contribution in [2.24, 2.45) is 0 Å². The van der Waals surface area contributed by atoms with Gasteiger partial charge < -0.3 is 5.53 Å². The first-order valence-corrected chi connectivity index (χ1v) is 21.0. The predicted molar refractivity (Wildman–Crippen MR) is 205 cm³/mol. The summed E-state index contributed by atoms with van der Waals surface area (Å²) in [5, 5.41) is 2.56. The van der Waals surface area contributed by atoms with Gasteiger partial charge in [-0.3, -0.25) is 0 Å². The molecule has 0 fully saturated rings. The van der Waals surface area contributed by atoms with E-state index in [0.717, 1.165) is 48.2 Å². The van der Waals surface area contributed by atoms with Gasteiger partial charge in [0.2, 0.25) is 11.4 Å². The van der Waals surface area contributed by atoms with E-state index in [2.05, 4.69) is 91.8 Å². The molecular formula is C44H70N2Ni. The topological polar surface area (TPSA) is 25.3 Å². The van der Waals surface area contributed by atoms with Crippen LogP contribution >= 0.6 is 0 Å². The van der Waals surface area contributed by atoms with Gasteiger partial charge >= 0.3 is 39.1 Å². The molecule has 47 heavy (non-hydrogen) atoms. The number of allylic oxidation sites excluding steroid dienone is 2. The minimum absolute atomic E-state index is 0.919. The molecule has 2 aromatic rings. The summed E-state index contributed by atoms with van der Waals surface area (Å²) in [6.07, 6.45) is 25.8. The van der Waals surface area contributed by atoms with Gasteiger partial charge in [0, 0.05) is 23.3 Å². The quantitative estimate of drug-likeness (QED) is 0.0871. The average molecular weight is 686 g/mol. The van der Waals surface area contributed by atoms with E-state index in [0.29, 0.717) is 0 Å². The SMILES string of the molecule is CCCCc1cc(C2=CC=C(c3cc(CCCC)c(CCCC)c(CCCC)c3)[N+]2=[N-])cc(CCCC)c1CCCC.C[CH2][Ni][CH2]C. The Morgan fingerprint density at radius 1 is 0.447 bits per heavy atom. The van der Waals surface area contributed by atoms with Crippen molar-refractivity contribution in [2.45, 2.75) is 182 Å². The van der Waals surface area contributed by atoms with Gasteiger partial charge in [-0.05, 0) is 135 Å². The third kappa shape index (κ3) is 13.1. The summed E-state index contributed by atoms with van der Waals surface area (Å²) >= 11 is 1.82. The first kappa shape index (κ1) is 41.2. The van der Waals surface area contributed by atoms with Crippen molar-refractivity contribution in [3.05, 3.63) is 86.5 Å². The molecule has 0 unspecified atom stereocenters. The van der Waals surface area contributed by atoms with Gasteiger partial charge in [0.1, 0.15) is 0 Å². The maximum absolute atomic E-state index is 11.7. The third-order valence-corrected chi connectivity index (χ3v) is 10.4. The molecule has 1 aliphatic rings. The molecule has 0 saturated carbocycles.